The van der Waals surface area contributed by atoms with Crippen LogP contribution in [-0.4, -0.2) is 27.7 Å². The summed E-state index contributed by atoms with van der Waals surface area (Å²) in [5, 5.41) is 3.84. The number of nitrogens with zero attached hydrogens (tertiary/aromatic N) is 2. The summed E-state index contributed by atoms with van der Waals surface area (Å²) in [6.07, 6.45) is 1.45. The second-order valence-electron chi connectivity index (χ2n) is 4.93. The second-order valence-corrected chi connectivity index (χ2v) is 6.88. The molecule has 0 radical (unpaired) electrons. The van der Waals surface area contributed by atoms with Crippen molar-refractivity contribution in [1.82, 2.24) is 9.97 Å². The first-order valence-electron chi connectivity index (χ1n) is 7.23. The molecule has 0 fully saturated rings. The number of anilines is 1. The highest BCUT2D eigenvalue weighted by atomic mass is 35.5. The quantitative estimate of drug-likeness (QED) is 0.621. The van der Waals surface area contributed by atoms with E-state index in [0.717, 1.165) is 5.75 Å². The molecule has 23 heavy (non-hydrogen) atoms. The smallest absolute Gasteiger partial charge is 0.275 e. The Bertz CT molecular complexity index is 678. The number of carbonyl (C=O) groups is 1. The van der Waals surface area contributed by atoms with Gasteiger partial charge in [0.2, 0.25) is 0 Å². The van der Waals surface area contributed by atoms with Crippen LogP contribution in [-0.2, 0) is 0 Å². The summed E-state index contributed by atoms with van der Waals surface area (Å²) in [6, 6.07) is 7.12. The summed E-state index contributed by atoms with van der Waals surface area (Å²) in [5.74, 6) is 0.383. The maximum atomic E-state index is 12.4. The van der Waals surface area contributed by atoms with Crippen LogP contribution >= 0.6 is 23.4 Å². The topological polar surface area (TPSA) is 64.1 Å². The predicted octanol–water partition coefficient (Wildman–Crippen LogP) is 4.28. The fourth-order valence-electron chi connectivity index (χ4n) is 1.77. The van der Waals surface area contributed by atoms with Crippen LogP contribution in [0.15, 0.2) is 35.6 Å². The molecule has 0 unspecified atom stereocenters. The molecule has 0 bridgehead atoms. The van der Waals surface area contributed by atoms with E-state index in [-0.39, 0.29) is 16.6 Å². The van der Waals surface area contributed by atoms with Gasteiger partial charge in [-0.15, -0.1) is 0 Å². The van der Waals surface area contributed by atoms with E-state index in [1.54, 1.807) is 24.3 Å². The number of hydrogen-bond donors (Lipinski definition) is 1. The SMILES string of the molecule is CCOc1ccc(NC(=O)c2nc(SC(C)C)ncc2Cl)cc1. The third kappa shape index (κ3) is 5.11. The maximum absolute atomic E-state index is 12.4. The van der Waals surface area contributed by atoms with Gasteiger partial charge in [-0.1, -0.05) is 37.2 Å². The van der Waals surface area contributed by atoms with Crippen LogP contribution in [0, 0.1) is 0 Å². The van der Waals surface area contributed by atoms with Crippen molar-refractivity contribution in [3.63, 3.8) is 0 Å². The Balaban J connectivity index is 2.13. The number of amides is 1. The van der Waals surface area contributed by atoms with Crippen molar-refractivity contribution < 1.29 is 9.53 Å². The van der Waals surface area contributed by atoms with Crippen molar-refractivity contribution in [1.29, 1.82) is 0 Å². The molecule has 1 aromatic heterocycles. The minimum atomic E-state index is -0.368. The molecular formula is C16H18ClN3O2S. The molecule has 1 aromatic carbocycles. The van der Waals surface area contributed by atoms with E-state index < -0.39 is 0 Å². The first-order valence-corrected chi connectivity index (χ1v) is 8.48. The van der Waals surface area contributed by atoms with Crippen LogP contribution in [0.1, 0.15) is 31.3 Å². The number of rotatable bonds is 6. The molecule has 122 valence electrons. The first-order chi connectivity index (χ1) is 11.0. The number of nitrogens with one attached hydrogen (secondary N) is 1. The van der Waals surface area contributed by atoms with Gasteiger partial charge < -0.3 is 10.1 Å². The molecular weight excluding hydrogens is 334 g/mol. The number of ether oxygens (including phenoxy) is 1. The molecule has 0 aliphatic carbocycles. The van der Waals surface area contributed by atoms with E-state index in [0.29, 0.717) is 22.7 Å². The third-order valence-corrected chi connectivity index (χ3v) is 3.86. The summed E-state index contributed by atoms with van der Waals surface area (Å²) in [7, 11) is 0. The predicted molar refractivity (Wildman–Crippen MR) is 93.6 cm³/mol. The van der Waals surface area contributed by atoms with Crippen molar-refractivity contribution in [2.75, 3.05) is 11.9 Å². The Labute approximate surface area is 144 Å². The summed E-state index contributed by atoms with van der Waals surface area (Å²) >= 11 is 7.52. The van der Waals surface area contributed by atoms with Crippen molar-refractivity contribution >= 4 is 35.0 Å². The van der Waals surface area contributed by atoms with Crippen LogP contribution in [0.5, 0.6) is 5.75 Å². The first kappa shape index (κ1) is 17.6. The molecule has 7 heteroatoms. The van der Waals surface area contributed by atoms with Crippen molar-refractivity contribution in [2.45, 2.75) is 31.2 Å². The number of halogens is 1. The summed E-state index contributed by atoms with van der Waals surface area (Å²) < 4.78 is 5.37. The van der Waals surface area contributed by atoms with Crippen LogP contribution in [0.2, 0.25) is 5.02 Å². The molecule has 2 aromatic rings. The van der Waals surface area contributed by atoms with Crippen molar-refractivity contribution in [3.05, 3.63) is 41.2 Å². The summed E-state index contributed by atoms with van der Waals surface area (Å²) in [6.45, 7) is 6.57. The maximum Gasteiger partial charge on any atom is 0.275 e. The minimum absolute atomic E-state index is 0.165. The fourth-order valence-corrected chi connectivity index (χ4v) is 2.63. The van der Waals surface area contributed by atoms with Gasteiger partial charge in [-0.05, 0) is 31.2 Å². The lowest BCUT2D eigenvalue weighted by molar-refractivity contribution is 0.102. The number of carbonyl (C=O) groups excluding carboxylic acids is 1. The Kier molecular flexibility index (Phi) is 6.24. The summed E-state index contributed by atoms with van der Waals surface area (Å²) in [5.41, 5.74) is 0.810. The number of benzene rings is 1. The van der Waals surface area contributed by atoms with Gasteiger partial charge in [0.25, 0.3) is 5.91 Å². The normalized spacial score (nSPS) is 10.7. The molecule has 2 rings (SSSR count). The standard InChI is InChI=1S/C16H18ClN3O2S/c1-4-22-12-7-5-11(6-8-12)19-15(21)14-13(17)9-18-16(20-14)23-10(2)3/h5-10H,4H2,1-3H3,(H,19,21). The zero-order valence-electron chi connectivity index (χ0n) is 13.2. The fraction of sp³-hybridized carbons (Fsp3) is 0.312. The molecule has 0 aliphatic rings. The molecule has 0 saturated heterocycles. The average molecular weight is 352 g/mol. The lowest BCUT2D eigenvalue weighted by atomic mass is 10.3. The Morgan fingerprint density at radius 2 is 2.04 bits per heavy atom. The highest BCUT2D eigenvalue weighted by Crippen LogP contribution is 2.23. The van der Waals surface area contributed by atoms with E-state index in [4.69, 9.17) is 16.3 Å². The van der Waals surface area contributed by atoms with Gasteiger partial charge in [-0.3, -0.25) is 4.79 Å². The highest BCUT2D eigenvalue weighted by Gasteiger charge is 2.15. The molecule has 5 nitrogen and oxygen atoms in total. The molecule has 1 heterocycles. The summed E-state index contributed by atoms with van der Waals surface area (Å²) in [4.78, 5) is 20.7. The van der Waals surface area contributed by atoms with Crippen LogP contribution in [0.25, 0.3) is 0 Å². The molecule has 0 atom stereocenters. The Morgan fingerprint density at radius 3 is 2.65 bits per heavy atom. The van der Waals surface area contributed by atoms with Gasteiger partial charge in [-0.25, -0.2) is 9.97 Å². The van der Waals surface area contributed by atoms with Crippen molar-refractivity contribution in [2.24, 2.45) is 0 Å². The van der Waals surface area contributed by atoms with E-state index in [1.807, 2.05) is 20.8 Å². The van der Waals surface area contributed by atoms with Crippen LogP contribution < -0.4 is 10.1 Å². The highest BCUT2D eigenvalue weighted by molar-refractivity contribution is 7.99. The van der Waals surface area contributed by atoms with E-state index in [2.05, 4.69) is 15.3 Å². The third-order valence-electron chi connectivity index (χ3n) is 2.70. The van der Waals surface area contributed by atoms with Crippen LogP contribution in [0.4, 0.5) is 5.69 Å². The average Bonchev–Trinajstić information content (AvgIpc) is 2.51. The number of thioether (sulfide) groups is 1. The van der Waals surface area contributed by atoms with E-state index >= 15 is 0 Å². The number of hydrogen-bond acceptors (Lipinski definition) is 5. The van der Waals surface area contributed by atoms with Gasteiger partial charge in [0, 0.05) is 10.9 Å². The lowest BCUT2D eigenvalue weighted by Crippen LogP contribution is -2.15. The molecule has 1 amide bonds. The van der Waals surface area contributed by atoms with Gasteiger partial charge in [0.1, 0.15) is 5.75 Å². The monoisotopic (exact) mass is 351 g/mol. The van der Waals surface area contributed by atoms with E-state index in [1.165, 1.54) is 18.0 Å². The van der Waals surface area contributed by atoms with Gasteiger partial charge in [0.15, 0.2) is 10.9 Å². The zero-order valence-corrected chi connectivity index (χ0v) is 14.7. The molecule has 1 N–H and O–H groups in total. The minimum Gasteiger partial charge on any atom is -0.494 e. The van der Waals surface area contributed by atoms with Crippen LogP contribution in [0.3, 0.4) is 0 Å². The second kappa shape index (κ2) is 8.17. The molecule has 0 aliphatic heterocycles. The van der Waals surface area contributed by atoms with Gasteiger partial charge in [0.05, 0.1) is 17.8 Å². The van der Waals surface area contributed by atoms with Gasteiger partial charge in [-0.2, -0.15) is 0 Å². The van der Waals surface area contributed by atoms with Crippen molar-refractivity contribution in [3.8, 4) is 5.75 Å². The van der Waals surface area contributed by atoms with Gasteiger partial charge >= 0.3 is 0 Å². The largest absolute Gasteiger partial charge is 0.494 e. The Morgan fingerprint density at radius 1 is 1.35 bits per heavy atom. The zero-order chi connectivity index (χ0) is 16.8. The number of aromatic nitrogens is 2. The Hall–Kier alpha value is -1.79. The molecule has 0 saturated carbocycles. The van der Waals surface area contributed by atoms with E-state index in [9.17, 15) is 4.79 Å². The lowest BCUT2D eigenvalue weighted by Gasteiger charge is -2.09. The molecule has 0 spiro atoms.